The minimum absolute atomic E-state index is 0.599. The standard InChI is InChI=1S/C15H17N3S/c1-10-11(2)18(9-17-10)8-13-12-5-3-4-6-14(12)19-15(13)7-16/h3-6,9H,7-8,16H2,1-2H3. The maximum Gasteiger partial charge on any atom is 0.0954 e. The van der Waals surface area contributed by atoms with E-state index in [1.165, 1.54) is 26.2 Å². The Balaban J connectivity index is 2.11. The summed E-state index contributed by atoms with van der Waals surface area (Å²) in [6, 6.07) is 8.51. The number of aryl methyl sites for hydroxylation is 1. The predicted octanol–water partition coefficient (Wildman–Crippen LogP) is 3.22. The molecule has 0 bridgehead atoms. The normalized spacial score (nSPS) is 11.3. The van der Waals surface area contributed by atoms with Crippen molar-refractivity contribution in [2.45, 2.75) is 26.9 Å². The zero-order chi connectivity index (χ0) is 13.4. The van der Waals surface area contributed by atoms with Gasteiger partial charge in [-0.3, -0.25) is 0 Å². The zero-order valence-electron chi connectivity index (χ0n) is 11.2. The van der Waals surface area contributed by atoms with E-state index in [-0.39, 0.29) is 0 Å². The van der Waals surface area contributed by atoms with Gasteiger partial charge < -0.3 is 10.3 Å². The van der Waals surface area contributed by atoms with Crippen molar-refractivity contribution < 1.29 is 0 Å². The number of hydrogen-bond acceptors (Lipinski definition) is 3. The molecule has 98 valence electrons. The van der Waals surface area contributed by atoms with Gasteiger partial charge in [-0.15, -0.1) is 11.3 Å². The van der Waals surface area contributed by atoms with Crippen LogP contribution >= 0.6 is 11.3 Å². The number of thiophene rings is 1. The molecule has 0 aliphatic rings. The average molecular weight is 271 g/mol. The lowest BCUT2D eigenvalue weighted by Crippen LogP contribution is -2.04. The fourth-order valence-electron chi connectivity index (χ4n) is 2.36. The smallest absolute Gasteiger partial charge is 0.0954 e. The molecule has 3 rings (SSSR count). The molecule has 0 saturated heterocycles. The average Bonchev–Trinajstić information content (AvgIpc) is 2.94. The highest BCUT2D eigenvalue weighted by molar-refractivity contribution is 7.19. The van der Waals surface area contributed by atoms with E-state index < -0.39 is 0 Å². The molecule has 3 aromatic rings. The lowest BCUT2D eigenvalue weighted by Gasteiger charge is -2.07. The van der Waals surface area contributed by atoms with Crippen molar-refractivity contribution in [3.63, 3.8) is 0 Å². The van der Waals surface area contributed by atoms with Gasteiger partial charge in [-0.05, 0) is 30.9 Å². The second kappa shape index (κ2) is 4.79. The molecule has 4 heteroatoms. The summed E-state index contributed by atoms with van der Waals surface area (Å²) >= 11 is 1.80. The van der Waals surface area contributed by atoms with Crippen LogP contribution in [0.4, 0.5) is 0 Å². The van der Waals surface area contributed by atoms with Crippen molar-refractivity contribution in [1.82, 2.24) is 9.55 Å². The van der Waals surface area contributed by atoms with Crippen LogP contribution in [0.15, 0.2) is 30.6 Å². The molecule has 2 heterocycles. The number of rotatable bonds is 3. The van der Waals surface area contributed by atoms with E-state index in [1.807, 2.05) is 13.3 Å². The third kappa shape index (κ3) is 2.07. The molecule has 1 aromatic carbocycles. The second-order valence-corrected chi connectivity index (χ2v) is 5.88. The van der Waals surface area contributed by atoms with Crippen LogP contribution in [0.3, 0.4) is 0 Å². The Morgan fingerprint density at radius 1 is 1.26 bits per heavy atom. The van der Waals surface area contributed by atoms with Gasteiger partial charge in [-0.25, -0.2) is 4.98 Å². The van der Waals surface area contributed by atoms with Crippen LogP contribution in [-0.4, -0.2) is 9.55 Å². The molecule has 2 aromatic heterocycles. The van der Waals surface area contributed by atoms with Gasteiger partial charge in [0.05, 0.1) is 18.6 Å². The van der Waals surface area contributed by atoms with Crippen LogP contribution in [0.1, 0.15) is 21.8 Å². The molecule has 0 saturated carbocycles. The Morgan fingerprint density at radius 2 is 2.05 bits per heavy atom. The third-order valence-corrected chi connectivity index (χ3v) is 4.88. The lowest BCUT2D eigenvalue weighted by atomic mass is 10.1. The predicted molar refractivity (Wildman–Crippen MR) is 80.5 cm³/mol. The van der Waals surface area contributed by atoms with E-state index in [9.17, 15) is 0 Å². The number of benzene rings is 1. The van der Waals surface area contributed by atoms with Crippen molar-refractivity contribution in [3.8, 4) is 0 Å². The molecule has 0 spiro atoms. The third-order valence-electron chi connectivity index (χ3n) is 3.64. The zero-order valence-corrected chi connectivity index (χ0v) is 12.0. The molecule has 0 amide bonds. The van der Waals surface area contributed by atoms with Crippen LogP contribution in [0.5, 0.6) is 0 Å². The molecule has 0 radical (unpaired) electrons. The van der Waals surface area contributed by atoms with Crippen LogP contribution in [-0.2, 0) is 13.1 Å². The van der Waals surface area contributed by atoms with E-state index in [0.29, 0.717) is 6.54 Å². The van der Waals surface area contributed by atoms with Crippen molar-refractivity contribution >= 4 is 21.4 Å². The van der Waals surface area contributed by atoms with Gasteiger partial charge in [0, 0.05) is 21.8 Å². The number of hydrogen-bond donors (Lipinski definition) is 1. The number of imidazole rings is 1. The monoisotopic (exact) mass is 271 g/mol. The molecular formula is C15H17N3S. The minimum Gasteiger partial charge on any atom is -0.330 e. The molecule has 0 aliphatic heterocycles. The minimum atomic E-state index is 0.599. The second-order valence-electron chi connectivity index (χ2n) is 4.75. The first kappa shape index (κ1) is 12.4. The topological polar surface area (TPSA) is 43.8 Å². The summed E-state index contributed by atoms with van der Waals surface area (Å²) in [7, 11) is 0. The van der Waals surface area contributed by atoms with Crippen LogP contribution in [0, 0.1) is 13.8 Å². The summed E-state index contributed by atoms with van der Waals surface area (Å²) in [6.45, 7) is 5.60. The highest BCUT2D eigenvalue weighted by Gasteiger charge is 2.12. The number of aromatic nitrogens is 2. The summed E-state index contributed by atoms with van der Waals surface area (Å²) in [5.74, 6) is 0. The number of fused-ring (bicyclic) bond motifs is 1. The van der Waals surface area contributed by atoms with Gasteiger partial charge in [-0.2, -0.15) is 0 Å². The Labute approximate surface area is 116 Å². The Bertz CT molecular complexity index is 724. The molecular weight excluding hydrogens is 254 g/mol. The molecule has 2 N–H and O–H groups in total. The van der Waals surface area contributed by atoms with Crippen molar-refractivity contribution in [3.05, 3.63) is 52.4 Å². The van der Waals surface area contributed by atoms with Crippen molar-refractivity contribution in [2.75, 3.05) is 0 Å². The first-order valence-electron chi connectivity index (χ1n) is 6.38. The van der Waals surface area contributed by atoms with E-state index in [2.05, 4.69) is 40.7 Å². The molecule has 0 unspecified atom stereocenters. The van der Waals surface area contributed by atoms with Crippen LogP contribution in [0.2, 0.25) is 0 Å². The highest BCUT2D eigenvalue weighted by Crippen LogP contribution is 2.31. The number of nitrogens with zero attached hydrogens (tertiary/aromatic N) is 2. The Kier molecular flexibility index (Phi) is 3.12. The Hall–Kier alpha value is -1.65. The van der Waals surface area contributed by atoms with Gasteiger partial charge >= 0.3 is 0 Å². The van der Waals surface area contributed by atoms with Gasteiger partial charge in [-0.1, -0.05) is 18.2 Å². The van der Waals surface area contributed by atoms with Crippen molar-refractivity contribution in [2.24, 2.45) is 5.73 Å². The van der Waals surface area contributed by atoms with Gasteiger partial charge in [0.1, 0.15) is 0 Å². The first-order valence-corrected chi connectivity index (χ1v) is 7.20. The quantitative estimate of drug-likeness (QED) is 0.795. The summed E-state index contributed by atoms with van der Waals surface area (Å²) in [5.41, 5.74) is 9.55. The largest absolute Gasteiger partial charge is 0.330 e. The van der Waals surface area contributed by atoms with Gasteiger partial charge in [0.2, 0.25) is 0 Å². The van der Waals surface area contributed by atoms with E-state index in [4.69, 9.17) is 5.73 Å². The van der Waals surface area contributed by atoms with Crippen LogP contribution in [0.25, 0.3) is 10.1 Å². The maximum absolute atomic E-state index is 5.90. The van der Waals surface area contributed by atoms with Gasteiger partial charge in [0.25, 0.3) is 0 Å². The summed E-state index contributed by atoms with van der Waals surface area (Å²) in [4.78, 5) is 5.64. The van der Waals surface area contributed by atoms with E-state index in [0.717, 1.165) is 12.2 Å². The molecule has 3 nitrogen and oxygen atoms in total. The maximum atomic E-state index is 5.90. The van der Waals surface area contributed by atoms with Gasteiger partial charge in [0.15, 0.2) is 0 Å². The van der Waals surface area contributed by atoms with E-state index >= 15 is 0 Å². The highest BCUT2D eigenvalue weighted by atomic mass is 32.1. The Morgan fingerprint density at radius 3 is 2.74 bits per heavy atom. The molecule has 19 heavy (non-hydrogen) atoms. The van der Waals surface area contributed by atoms with Crippen molar-refractivity contribution in [1.29, 1.82) is 0 Å². The van der Waals surface area contributed by atoms with Crippen LogP contribution < -0.4 is 5.73 Å². The fraction of sp³-hybridized carbons (Fsp3) is 0.267. The molecule has 0 aliphatic carbocycles. The fourth-order valence-corrected chi connectivity index (χ4v) is 3.46. The lowest BCUT2D eigenvalue weighted by molar-refractivity contribution is 0.767. The number of nitrogens with two attached hydrogens (primary N) is 1. The van der Waals surface area contributed by atoms with E-state index in [1.54, 1.807) is 11.3 Å². The summed E-state index contributed by atoms with van der Waals surface area (Å²) < 4.78 is 3.51. The summed E-state index contributed by atoms with van der Waals surface area (Å²) in [5, 5.41) is 1.32. The molecule has 0 fully saturated rings. The summed E-state index contributed by atoms with van der Waals surface area (Å²) in [6.07, 6.45) is 1.91. The SMILES string of the molecule is Cc1ncn(Cc2c(CN)sc3ccccc23)c1C. The first-order chi connectivity index (χ1) is 9.20. The molecule has 0 atom stereocenters.